The fourth-order valence-corrected chi connectivity index (χ4v) is 3.15. The summed E-state index contributed by atoms with van der Waals surface area (Å²) in [4.78, 5) is 11.3. The van der Waals surface area contributed by atoms with Crippen molar-refractivity contribution in [3.63, 3.8) is 0 Å². The zero-order valence-corrected chi connectivity index (χ0v) is 12.8. The van der Waals surface area contributed by atoms with Gasteiger partial charge in [0, 0.05) is 16.7 Å². The second kappa shape index (κ2) is 5.50. The predicted octanol–water partition coefficient (Wildman–Crippen LogP) is 2.93. The molecular formula is C12H12Cl2FNO3S. The van der Waals surface area contributed by atoms with Gasteiger partial charge in [0.1, 0.15) is 10.7 Å². The van der Waals surface area contributed by atoms with Gasteiger partial charge >= 0.3 is 0 Å². The molecule has 1 aromatic carbocycles. The van der Waals surface area contributed by atoms with Gasteiger partial charge in [-0.05, 0) is 24.5 Å². The van der Waals surface area contributed by atoms with Crippen LogP contribution in [0.5, 0.6) is 0 Å². The second-order valence-corrected chi connectivity index (χ2v) is 7.63. The SMILES string of the molecule is CCC1CC1NC(=O)c1cc(S(=O)(=O)Cl)c(F)cc1Cl. The van der Waals surface area contributed by atoms with Crippen molar-refractivity contribution >= 4 is 37.2 Å². The Morgan fingerprint density at radius 3 is 2.65 bits per heavy atom. The smallest absolute Gasteiger partial charge is 0.264 e. The molecule has 1 amide bonds. The van der Waals surface area contributed by atoms with Crippen LogP contribution in [0.3, 0.4) is 0 Å². The van der Waals surface area contributed by atoms with Gasteiger partial charge in [-0.2, -0.15) is 0 Å². The predicted molar refractivity (Wildman–Crippen MR) is 74.1 cm³/mol. The average Bonchev–Trinajstić information content (AvgIpc) is 3.05. The van der Waals surface area contributed by atoms with E-state index in [1.165, 1.54) is 0 Å². The minimum Gasteiger partial charge on any atom is -0.349 e. The molecule has 0 spiro atoms. The van der Waals surface area contributed by atoms with E-state index in [0.29, 0.717) is 5.92 Å². The Morgan fingerprint density at radius 2 is 2.15 bits per heavy atom. The highest BCUT2D eigenvalue weighted by molar-refractivity contribution is 8.13. The van der Waals surface area contributed by atoms with Crippen LogP contribution in [0.25, 0.3) is 0 Å². The lowest BCUT2D eigenvalue weighted by Gasteiger charge is -2.08. The lowest BCUT2D eigenvalue weighted by Crippen LogP contribution is -2.27. The maximum atomic E-state index is 13.5. The molecule has 4 nitrogen and oxygen atoms in total. The summed E-state index contributed by atoms with van der Waals surface area (Å²) >= 11 is 5.78. The first-order chi connectivity index (χ1) is 9.24. The van der Waals surface area contributed by atoms with Gasteiger partial charge in [-0.3, -0.25) is 4.79 Å². The lowest BCUT2D eigenvalue weighted by atomic mass is 10.2. The zero-order chi connectivity index (χ0) is 15.1. The van der Waals surface area contributed by atoms with Crippen LogP contribution >= 0.6 is 22.3 Å². The van der Waals surface area contributed by atoms with Crippen molar-refractivity contribution in [3.05, 3.63) is 28.5 Å². The number of hydrogen-bond donors (Lipinski definition) is 1. The summed E-state index contributed by atoms with van der Waals surface area (Å²) in [6, 6.07) is 1.69. The lowest BCUT2D eigenvalue weighted by molar-refractivity contribution is 0.0949. The van der Waals surface area contributed by atoms with Crippen molar-refractivity contribution in [2.75, 3.05) is 0 Å². The monoisotopic (exact) mass is 339 g/mol. The molecule has 0 bridgehead atoms. The first kappa shape index (κ1) is 15.5. The quantitative estimate of drug-likeness (QED) is 0.857. The zero-order valence-electron chi connectivity index (χ0n) is 10.5. The van der Waals surface area contributed by atoms with Crippen molar-refractivity contribution in [1.82, 2.24) is 5.32 Å². The largest absolute Gasteiger partial charge is 0.349 e. The van der Waals surface area contributed by atoms with E-state index in [0.717, 1.165) is 25.0 Å². The maximum Gasteiger partial charge on any atom is 0.264 e. The molecule has 20 heavy (non-hydrogen) atoms. The molecule has 1 aliphatic carbocycles. The Kier molecular flexibility index (Phi) is 4.27. The highest BCUT2D eigenvalue weighted by Crippen LogP contribution is 2.34. The van der Waals surface area contributed by atoms with Crippen molar-refractivity contribution < 1.29 is 17.6 Å². The van der Waals surface area contributed by atoms with E-state index >= 15 is 0 Å². The molecule has 1 fully saturated rings. The molecule has 0 saturated heterocycles. The van der Waals surface area contributed by atoms with Gasteiger partial charge in [0.15, 0.2) is 0 Å². The van der Waals surface area contributed by atoms with Gasteiger partial charge in [0.05, 0.1) is 10.6 Å². The summed E-state index contributed by atoms with van der Waals surface area (Å²) in [6.45, 7) is 2.01. The summed E-state index contributed by atoms with van der Waals surface area (Å²) in [5, 5.41) is 2.57. The van der Waals surface area contributed by atoms with E-state index in [9.17, 15) is 17.6 Å². The number of nitrogens with one attached hydrogen (secondary N) is 1. The summed E-state index contributed by atoms with van der Waals surface area (Å²) in [5.74, 6) is -1.19. The number of rotatable bonds is 4. The van der Waals surface area contributed by atoms with E-state index in [1.807, 2.05) is 6.92 Å². The van der Waals surface area contributed by atoms with Crippen LogP contribution < -0.4 is 5.32 Å². The van der Waals surface area contributed by atoms with Crippen LogP contribution in [0.2, 0.25) is 5.02 Å². The maximum absolute atomic E-state index is 13.5. The summed E-state index contributed by atoms with van der Waals surface area (Å²) in [6.07, 6.45) is 1.82. The third-order valence-electron chi connectivity index (χ3n) is 3.29. The number of hydrogen-bond acceptors (Lipinski definition) is 3. The summed E-state index contributed by atoms with van der Waals surface area (Å²) in [7, 11) is 0.838. The molecule has 0 radical (unpaired) electrons. The van der Waals surface area contributed by atoms with E-state index in [1.54, 1.807) is 0 Å². The molecule has 1 saturated carbocycles. The first-order valence-corrected chi connectivity index (χ1v) is 8.67. The van der Waals surface area contributed by atoms with Gasteiger partial charge in [0.25, 0.3) is 15.0 Å². The molecule has 1 N–H and O–H groups in total. The number of halogens is 3. The van der Waals surface area contributed by atoms with Crippen LogP contribution in [-0.4, -0.2) is 20.4 Å². The molecule has 1 aliphatic rings. The molecule has 2 rings (SSSR count). The molecule has 0 heterocycles. The van der Waals surface area contributed by atoms with E-state index in [4.69, 9.17) is 22.3 Å². The molecular weight excluding hydrogens is 328 g/mol. The highest BCUT2D eigenvalue weighted by Gasteiger charge is 2.37. The summed E-state index contributed by atoms with van der Waals surface area (Å²) < 4.78 is 35.9. The molecule has 2 unspecified atom stereocenters. The van der Waals surface area contributed by atoms with Gasteiger partial charge in [-0.25, -0.2) is 12.8 Å². The second-order valence-electron chi connectivity index (χ2n) is 4.68. The Labute approximate surface area is 125 Å². The minimum atomic E-state index is -4.28. The van der Waals surface area contributed by atoms with E-state index < -0.39 is 25.7 Å². The number of amides is 1. The van der Waals surface area contributed by atoms with Crippen LogP contribution in [0.4, 0.5) is 4.39 Å². The fraction of sp³-hybridized carbons (Fsp3) is 0.417. The van der Waals surface area contributed by atoms with Gasteiger partial charge in [-0.1, -0.05) is 24.9 Å². The Balaban J connectivity index is 2.30. The van der Waals surface area contributed by atoms with E-state index in [2.05, 4.69) is 5.32 Å². The van der Waals surface area contributed by atoms with Gasteiger partial charge in [0.2, 0.25) is 0 Å². The van der Waals surface area contributed by atoms with Crippen molar-refractivity contribution in [3.8, 4) is 0 Å². The number of carbonyl (C=O) groups is 1. The van der Waals surface area contributed by atoms with Crippen LogP contribution in [0.15, 0.2) is 17.0 Å². The standard InChI is InChI=1S/C12H12Cl2FNO3S/c1-2-6-3-10(6)16-12(17)7-4-11(20(14,18)19)9(15)5-8(7)13/h4-6,10H,2-3H2,1H3,(H,16,17). The first-order valence-electron chi connectivity index (χ1n) is 5.98. The topological polar surface area (TPSA) is 63.2 Å². The Morgan fingerprint density at radius 1 is 1.50 bits per heavy atom. The Bertz CT molecular complexity index is 663. The third-order valence-corrected chi connectivity index (χ3v) is 4.94. The molecule has 8 heteroatoms. The van der Waals surface area contributed by atoms with Crippen molar-refractivity contribution in [1.29, 1.82) is 0 Å². The molecule has 110 valence electrons. The molecule has 1 aromatic rings. The fourth-order valence-electron chi connectivity index (χ4n) is 2.01. The van der Waals surface area contributed by atoms with Crippen LogP contribution in [0.1, 0.15) is 30.1 Å². The Hall–Kier alpha value is -0.850. The normalized spacial score (nSPS) is 21.6. The molecule has 0 aromatic heterocycles. The minimum absolute atomic E-state index is 0.0599. The van der Waals surface area contributed by atoms with Crippen LogP contribution in [-0.2, 0) is 9.05 Å². The molecule has 2 atom stereocenters. The van der Waals surface area contributed by atoms with Crippen molar-refractivity contribution in [2.24, 2.45) is 5.92 Å². The highest BCUT2D eigenvalue weighted by atomic mass is 35.7. The summed E-state index contributed by atoms with van der Waals surface area (Å²) in [5.41, 5.74) is -0.103. The number of carbonyl (C=O) groups excluding carboxylic acids is 1. The average molecular weight is 340 g/mol. The number of benzene rings is 1. The van der Waals surface area contributed by atoms with Gasteiger partial charge < -0.3 is 5.32 Å². The van der Waals surface area contributed by atoms with Crippen LogP contribution in [0, 0.1) is 11.7 Å². The molecule has 0 aliphatic heterocycles. The van der Waals surface area contributed by atoms with Crippen molar-refractivity contribution in [2.45, 2.75) is 30.7 Å². The van der Waals surface area contributed by atoms with Gasteiger partial charge in [-0.15, -0.1) is 0 Å². The third kappa shape index (κ3) is 3.24. The van der Waals surface area contributed by atoms with E-state index in [-0.39, 0.29) is 16.6 Å².